The van der Waals surface area contributed by atoms with Gasteiger partial charge in [-0.1, -0.05) is 41.4 Å². The highest BCUT2D eigenvalue weighted by Gasteiger charge is 2.42. The Morgan fingerprint density at radius 3 is 2.44 bits per heavy atom. The lowest BCUT2D eigenvalue weighted by atomic mass is 10.0. The molecule has 4 aromatic rings. The number of halogens is 4. The minimum absolute atomic E-state index is 0.0152. The monoisotopic (exact) mass is 738 g/mol. The molecule has 1 saturated carbocycles. The molecule has 2 fully saturated rings. The highest BCUT2D eigenvalue weighted by Crippen LogP contribution is 2.39. The van der Waals surface area contributed by atoms with E-state index >= 15 is 0 Å². The largest absolute Gasteiger partial charge is 0.489 e. The van der Waals surface area contributed by atoms with Crippen molar-refractivity contribution in [3.05, 3.63) is 88.3 Å². The lowest BCUT2D eigenvalue weighted by molar-refractivity contribution is -0.150. The van der Waals surface area contributed by atoms with Crippen LogP contribution in [0.15, 0.2) is 72.0 Å². The topological polar surface area (TPSA) is 113 Å². The molecule has 0 amide bonds. The third-order valence-corrected chi connectivity index (χ3v) is 11.7. The van der Waals surface area contributed by atoms with Gasteiger partial charge in [0.2, 0.25) is 10.0 Å². The number of benzene rings is 2. The molecule has 2 atom stereocenters. The molecule has 1 aliphatic carbocycles. The first kappa shape index (κ1) is 34.4. The maximum absolute atomic E-state index is 13.8. The number of sulfonamides is 1. The van der Waals surface area contributed by atoms with Crippen molar-refractivity contribution in [2.75, 3.05) is 18.9 Å². The summed E-state index contributed by atoms with van der Waals surface area (Å²) < 4.78 is 73.3. The summed E-state index contributed by atoms with van der Waals surface area (Å²) in [5, 5.41) is 3.60. The highest BCUT2D eigenvalue weighted by molar-refractivity contribution is 8.02. The maximum atomic E-state index is 13.8. The Balaban J connectivity index is 1.27. The maximum Gasteiger partial charge on any atom is 0.387 e. The van der Waals surface area contributed by atoms with Crippen LogP contribution in [0.5, 0.6) is 11.5 Å². The van der Waals surface area contributed by atoms with Crippen molar-refractivity contribution in [1.82, 2.24) is 19.1 Å². The van der Waals surface area contributed by atoms with E-state index in [1.54, 1.807) is 30.1 Å². The molecule has 3 heterocycles. The second-order valence-electron chi connectivity index (χ2n) is 11.3. The molecular weight excluding hydrogens is 709 g/mol. The lowest BCUT2D eigenvalue weighted by Gasteiger charge is -2.26. The quantitative estimate of drug-likeness (QED) is 0.137. The molecule has 2 aromatic carbocycles. The first-order chi connectivity index (χ1) is 23.0. The van der Waals surface area contributed by atoms with E-state index in [9.17, 15) is 22.0 Å². The zero-order valence-corrected chi connectivity index (χ0v) is 28.6. The summed E-state index contributed by atoms with van der Waals surface area (Å²) in [4.78, 5) is 17.8. The number of ether oxygens (including phenoxy) is 3. The fourth-order valence-electron chi connectivity index (χ4n) is 5.16. The molecule has 0 unspecified atom stereocenters. The molecule has 6 rings (SSSR count). The summed E-state index contributed by atoms with van der Waals surface area (Å²) in [6.07, 6.45) is 5.42. The van der Waals surface area contributed by atoms with Crippen molar-refractivity contribution in [2.24, 2.45) is 13.0 Å². The Kier molecular flexibility index (Phi) is 10.5. The Bertz CT molecular complexity index is 1870. The lowest BCUT2D eigenvalue weighted by Crippen LogP contribution is -2.40. The standard InChI is InChI=1S/C32H30Cl2F2N4O6S2/c1-39-11-10-26(38-39)20-4-7-22(8-5-20)48(42,43)40-12-13-47-30(40)31(41)45-28(15-23-24(33)16-37-17-25(23)34)21-6-9-27(46-32(35)36)29(14-21)44-18-19-2-3-19/h4-11,14,16-17,19,28,30,32H,2-3,12-13,15,18H2,1H3/t28-,30-/m0/s1. The van der Waals surface area contributed by atoms with Gasteiger partial charge in [0.05, 0.1) is 27.2 Å². The van der Waals surface area contributed by atoms with Gasteiger partial charge in [0.1, 0.15) is 6.10 Å². The van der Waals surface area contributed by atoms with Gasteiger partial charge in [-0.05, 0) is 60.2 Å². The van der Waals surface area contributed by atoms with Gasteiger partial charge in [-0.3, -0.25) is 9.67 Å². The van der Waals surface area contributed by atoms with Gasteiger partial charge >= 0.3 is 12.6 Å². The van der Waals surface area contributed by atoms with E-state index in [1.165, 1.54) is 42.7 Å². The molecule has 16 heteroatoms. The number of pyridine rings is 1. The Labute approximate surface area is 290 Å². The fourth-order valence-corrected chi connectivity index (χ4v) is 8.72. The predicted molar refractivity (Wildman–Crippen MR) is 177 cm³/mol. The molecular formula is C32H30Cl2F2N4O6S2. The number of nitrogens with zero attached hydrogens (tertiary/aromatic N) is 4. The van der Waals surface area contributed by atoms with Crippen molar-refractivity contribution in [3.63, 3.8) is 0 Å². The average molecular weight is 740 g/mol. The van der Waals surface area contributed by atoms with Crippen LogP contribution in [0.4, 0.5) is 8.78 Å². The zero-order valence-electron chi connectivity index (χ0n) is 25.5. The summed E-state index contributed by atoms with van der Waals surface area (Å²) in [6, 6.07) is 12.4. The summed E-state index contributed by atoms with van der Waals surface area (Å²) in [5.41, 5.74) is 2.23. The van der Waals surface area contributed by atoms with Crippen LogP contribution >= 0.6 is 35.0 Å². The molecule has 0 bridgehead atoms. The summed E-state index contributed by atoms with van der Waals surface area (Å²) in [6.45, 7) is -2.69. The second-order valence-corrected chi connectivity index (χ2v) is 15.2. The smallest absolute Gasteiger partial charge is 0.387 e. The molecule has 254 valence electrons. The first-order valence-corrected chi connectivity index (χ1v) is 18.2. The van der Waals surface area contributed by atoms with Crippen molar-refractivity contribution >= 4 is 51.0 Å². The number of hydrogen-bond acceptors (Lipinski definition) is 9. The van der Waals surface area contributed by atoms with Crippen LogP contribution < -0.4 is 9.47 Å². The van der Waals surface area contributed by atoms with Gasteiger partial charge in [-0.2, -0.15) is 18.2 Å². The number of carbonyl (C=O) groups excluding carboxylic acids is 1. The third kappa shape index (κ3) is 7.89. The zero-order chi connectivity index (χ0) is 34.0. The van der Waals surface area contributed by atoms with Crippen LogP contribution in [0.25, 0.3) is 11.3 Å². The number of hydrogen-bond donors (Lipinski definition) is 0. The third-order valence-electron chi connectivity index (χ3n) is 7.85. The minimum Gasteiger partial charge on any atom is -0.489 e. The van der Waals surface area contributed by atoms with E-state index in [4.69, 9.17) is 32.7 Å². The summed E-state index contributed by atoms with van der Waals surface area (Å²) in [5.74, 6) is -0.254. The molecule has 48 heavy (non-hydrogen) atoms. The van der Waals surface area contributed by atoms with Gasteiger partial charge in [0, 0.05) is 49.9 Å². The summed E-state index contributed by atoms with van der Waals surface area (Å²) >= 11 is 14.0. The van der Waals surface area contributed by atoms with Crippen molar-refractivity contribution in [2.45, 2.75) is 42.2 Å². The van der Waals surface area contributed by atoms with Crippen molar-refractivity contribution in [1.29, 1.82) is 0 Å². The SMILES string of the molecule is Cn1ccc(-c2ccc(S(=O)(=O)N3CCS[C@H]3C(=O)O[C@@H](Cc3c(Cl)cncc3Cl)c3ccc(OC(F)F)c(OCC4CC4)c3)cc2)n1. The summed E-state index contributed by atoms with van der Waals surface area (Å²) in [7, 11) is -2.32. The number of aromatic nitrogens is 3. The van der Waals surface area contributed by atoms with E-state index in [0.717, 1.165) is 34.5 Å². The normalized spacial score (nSPS) is 17.4. The second kappa shape index (κ2) is 14.6. The first-order valence-electron chi connectivity index (χ1n) is 14.9. The van der Waals surface area contributed by atoms with Crippen molar-refractivity contribution in [3.8, 4) is 22.8 Å². The van der Waals surface area contributed by atoms with Crippen molar-refractivity contribution < 1.29 is 36.2 Å². The van der Waals surface area contributed by atoms with E-state index in [0.29, 0.717) is 35.1 Å². The Morgan fingerprint density at radius 1 is 1.06 bits per heavy atom. The minimum atomic E-state index is -4.10. The number of thioether (sulfide) groups is 1. The average Bonchev–Trinajstić information content (AvgIpc) is 3.55. The van der Waals surface area contributed by atoms with Gasteiger partial charge in [0.15, 0.2) is 16.9 Å². The van der Waals surface area contributed by atoms with E-state index < -0.39 is 34.1 Å². The molecule has 0 radical (unpaired) electrons. The highest BCUT2D eigenvalue weighted by atomic mass is 35.5. The van der Waals surface area contributed by atoms with Gasteiger partial charge in [0.25, 0.3) is 0 Å². The molecule has 0 spiro atoms. The Morgan fingerprint density at radius 2 is 1.79 bits per heavy atom. The number of alkyl halides is 2. The van der Waals surface area contributed by atoms with Gasteiger partial charge in [-0.25, -0.2) is 13.2 Å². The predicted octanol–water partition coefficient (Wildman–Crippen LogP) is 6.77. The molecule has 1 aliphatic heterocycles. The molecule has 2 aliphatic rings. The molecule has 1 saturated heterocycles. The number of aryl methyl sites for hydroxylation is 1. The molecule has 10 nitrogen and oxygen atoms in total. The van der Waals surface area contributed by atoms with Crippen LogP contribution in [-0.4, -0.2) is 64.3 Å². The van der Waals surface area contributed by atoms with E-state index in [2.05, 4.69) is 14.8 Å². The van der Waals surface area contributed by atoms with Gasteiger partial charge < -0.3 is 14.2 Å². The van der Waals surface area contributed by atoms with Crippen LogP contribution in [0.2, 0.25) is 10.0 Å². The fraction of sp³-hybridized carbons (Fsp3) is 0.344. The number of carbonyl (C=O) groups is 1. The molecule has 2 aromatic heterocycles. The number of esters is 1. The number of rotatable bonds is 13. The van der Waals surface area contributed by atoms with Crippen LogP contribution in [0, 0.1) is 5.92 Å². The van der Waals surface area contributed by atoms with Crippen LogP contribution in [-0.2, 0) is 33.0 Å². The van der Waals surface area contributed by atoms with E-state index in [1.807, 2.05) is 6.07 Å². The van der Waals surface area contributed by atoms with Crippen LogP contribution in [0.1, 0.15) is 30.1 Å². The van der Waals surface area contributed by atoms with Crippen LogP contribution in [0.3, 0.4) is 0 Å². The molecule has 0 N–H and O–H groups in total. The van der Waals surface area contributed by atoms with Gasteiger partial charge in [-0.15, -0.1) is 11.8 Å². The Hall–Kier alpha value is -3.43. The van der Waals surface area contributed by atoms with E-state index in [-0.39, 0.29) is 39.4 Å².